The number of hydrogen-bond donors (Lipinski definition) is 1. The van der Waals surface area contributed by atoms with Gasteiger partial charge in [-0.2, -0.15) is 0 Å². The van der Waals surface area contributed by atoms with Crippen molar-refractivity contribution in [3.8, 4) is 0 Å². The smallest absolute Gasteiger partial charge is 0.314 e. The molecular formula is C17H20O3. The van der Waals surface area contributed by atoms with E-state index in [9.17, 15) is 9.90 Å². The monoisotopic (exact) mass is 272 g/mol. The number of fused-ring (bicyclic) bond motifs is 1. The summed E-state index contributed by atoms with van der Waals surface area (Å²) < 4.78 is 5.06. The van der Waals surface area contributed by atoms with Gasteiger partial charge in [0.2, 0.25) is 0 Å². The minimum atomic E-state index is -0.986. The maximum atomic E-state index is 12.0. The first-order chi connectivity index (χ1) is 9.48. The Labute approximate surface area is 119 Å². The van der Waals surface area contributed by atoms with Crippen molar-refractivity contribution in [2.75, 3.05) is 6.61 Å². The Kier molecular flexibility index (Phi) is 4.09. The van der Waals surface area contributed by atoms with Crippen molar-refractivity contribution in [1.29, 1.82) is 0 Å². The van der Waals surface area contributed by atoms with Crippen molar-refractivity contribution >= 4 is 16.7 Å². The van der Waals surface area contributed by atoms with E-state index in [4.69, 9.17) is 4.74 Å². The number of aliphatic hydroxyl groups excluding tert-OH is 1. The first-order valence-corrected chi connectivity index (χ1v) is 6.81. The van der Waals surface area contributed by atoms with Crippen molar-refractivity contribution in [3.63, 3.8) is 0 Å². The first kappa shape index (κ1) is 14.5. The van der Waals surface area contributed by atoms with Crippen LogP contribution in [0.15, 0.2) is 42.5 Å². The van der Waals surface area contributed by atoms with Crippen LogP contribution in [0.25, 0.3) is 10.8 Å². The van der Waals surface area contributed by atoms with Crippen molar-refractivity contribution < 1.29 is 14.6 Å². The van der Waals surface area contributed by atoms with Crippen LogP contribution in [0.1, 0.15) is 32.4 Å². The molecule has 0 saturated carbocycles. The number of rotatable bonds is 4. The molecule has 2 aromatic rings. The van der Waals surface area contributed by atoms with Crippen LogP contribution < -0.4 is 0 Å². The maximum absolute atomic E-state index is 12.0. The van der Waals surface area contributed by atoms with E-state index >= 15 is 0 Å². The van der Waals surface area contributed by atoms with E-state index in [1.54, 1.807) is 20.8 Å². The van der Waals surface area contributed by atoms with Crippen molar-refractivity contribution in [1.82, 2.24) is 0 Å². The second-order valence-electron chi connectivity index (χ2n) is 5.41. The molecule has 0 aromatic heterocycles. The summed E-state index contributed by atoms with van der Waals surface area (Å²) in [6.07, 6.45) is -0.910. The molecular weight excluding hydrogens is 252 g/mol. The summed E-state index contributed by atoms with van der Waals surface area (Å²) in [6, 6.07) is 13.6. The second kappa shape index (κ2) is 5.63. The van der Waals surface area contributed by atoms with Crippen LogP contribution in [-0.2, 0) is 9.53 Å². The molecule has 20 heavy (non-hydrogen) atoms. The van der Waals surface area contributed by atoms with E-state index in [0.717, 1.165) is 16.3 Å². The standard InChI is InChI=1S/C17H20O3/c1-4-20-16(19)17(2,3)15(18)14-11-7-9-12-8-5-6-10-13(12)14/h5-11,15,18H,4H2,1-3H3. The molecule has 3 heteroatoms. The first-order valence-electron chi connectivity index (χ1n) is 6.81. The molecule has 0 fully saturated rings. The van der Waals surface area contributed by atoms with Crippen molar-refractivity contribution in [2.24, 2.45) is 5.41 Å². The molecule has 0 saturated heterocycles. The van der Waals surface area contributed by atoms with Gasteiger partial charge in [-0.25, -0.2) is 0 Å². The Morgan fingerprint density at radius 3 is 2.55 bits per heavy atom. The van der Waals surface area contributed by atoms with Gasteiger partial charge in [-0.3, -0.25) is 4.79 Å². The molecule has 0 spiro atoms. The van der Waals surface area contributed by atoms with E-state index in [0.29, 0.717) is 6.61 Å². The molecule has 0 aliphatic carbocycles. The zero-order valence-electron chi connectivity index (χ0n) is 12.1. The zero-order valence-corrected chi connectivity index (χ0v) is 12.1. The van der Waals surface area contributed by atoms with Crippen LogP contribution in [0, 0.1) is 5.41 Å². The molecule has 0 bridgehead atoms. The van der Waals surface area contributed by atoms with Gasteiger partial charge in [0.05, 0.1) is 18.1 Å². The maximum Gasteiger partial charge on any atom is 0.314 e. The third-order valence-electron chi connectivity index (χ3n) is 3.60. The number of ether oxygens (including phenoxy) is 1. The molecule has 2 aromatic carbocycles. The lowest BCUT2D eigenvalue weighted by molar-refractivity contribution is -0.160. The Bertz CT molecular complexity index is 611. The predicted molar refractivity (Wildman–Crippen MR) is 79.3 cm³/mol. The molecule has 1 N–H and O–H groups in total. The van der Waals surface area contributed by atoms with Gasteiger partial charge in [0, 0.05) is 0 Å². The van der Waals surface area contributed by atoms with Crippen molar-refractivity contribution in [2.45, 2.75) is 26.9 Å². The van der Waals surface area contributed by atoms with Crippen LogP contribution in [0.2, 0.25) is 0 Å². The molecule has 1 atom stereocenters. The molecule has 1 unspecified atom stereocenters. The fourth-order valence-corrected chi connectivity index (χ4v) is 2.31. The highest BCUT2D eigenvalue weighted by Crippen LogP contribution is 2.37. The fourth-order valence-electron chi connectivity index (χ4n) is 2.31. The summed E-state index contributed by atoms with van der Waals surface area (Å²) in [5.41, 5.74) is -0.235. The van der Waals surface area contributed by atoms with Gasteiger partial charge in [-0.05, 0) is 37.1 Å². The van der Waals surface area contributed by atoms with Gasteiger partial charge < -0.3 is 9.84 Å². The second-order valence-corrected chi connectivity index (χ2v) is 5.41. The summed E-state index contributed by atoms with van der Waals surface area (Å²) in [4.78, 5) is 12.0. The number of benzene rings is 2. The number of aliphatic hydroxyl groups is 1. The lowest BCUT2D eigenvalue weighted by atomic mass is 9.81. The average Bonchev–Trinajstić information content (AvgIpc) is 2.46. The molecule has 0 aliphatic rings. The highest BCUT2D eigenvalue weighted by atomic mass is 16.5. The van der Waals surface area contributed by atoms with Gasteiger partial charge >= 0.3 is 5.97 Å². The van der Waals surface area contributed by atoms with Crippen LogP contribution >= 0.6 is 0 Å². The third kappa shape index (κ3) is 2.54. The molecule has 0 amide bonds. The van der Waals surface area contributed by atoms with E-state index in [1.165, 1.54) is 0 Å². The van der Waals surface area contributed by atoms with E-state index in [1.807, 2.05) is 42.5 Å². The number of carbonyl (C=O) groups excluding carboxylic acids is 1. The van der Waals surface area contributed by atoms with Gasteiger partial charge in [0.25, 0.3) is 0 Å². The molecule has 3 nitrogen and oxygen atoms in total. The van der Waals surface area contributed by atoms with Gasteiger partial charge in [-0.15, -0.1) is 0 Å². The van der Waals surface area contributed by atoms with Gasteiger partial charge in [0.1, 0.15) is 0 Å². The summed E-state index contributed by atoms with van der Waals surface area (Å²) >= 11 is 0. The minimum Gasteiger partial charge on any atom is -0.465 e. The Balaban J connectivity index is 2.45. The highest BCUT2D eigenvalue weighted by molar-refractivity contribution is 5.87. The van der Waals surface area contributed by atoms with Gasteiger partial charge in [-0.1, -0.05) is 42.5 Å². The molecule has 0 aliphatic heterocycles. The molecule has 106 valence electrons. The predicted octanol–water partition coefficient (Wildman–Crippen LogP) is 3.46. The van der Waals surface area contributed by atoms with Gasteiger partial charge in [0.15, 0.2) is 0 Å². The summed E-state index contributed by atoms with van der Waals surface area (Å²) in [6.45, 7) is 5.48. The van der Waals surface area contributed by atoms with Crippen LogP contribution in [0.4, 0.5) is 0 Å². The number of carbonyl (C=O) groups is 1. The third-order valence-corrected chi connectivity index (χ3v) is 3.60. The number of hydrogen-bond acceptors (Lipinski definition) is 3. The Morgan fingerprint density at radius 2 is 1.85 bits per heavy atom. The SMILES string of the molecule is CCOC(=O)C(C)(C)C(O)c1cccc2ccccc12. The van der Waals surface area contributed by atoms with E-state index in [2.05, 4.69) is 0 Å². The number of esters is 1. The zero-order chi connectivity index (χ0) is 14.8. The normalized spacial score (nSPS) is 13.2. The molecule has 0 heterocycles. The van der Waals surface area contributed by atoms with Crippen LogP contribution in [0.3, 0.4) is 0 Å². The average molecular weight is 272 g/mol. The Morgan fingerprint density at radius 1 is 1.20 bits per heavy atom. The lowest BCUT2D eigenvalue weighted by Gasteiger charge is -2.29. The fraction of sp³-hybridized carbons (Fsp3) is 0.353. The Hall–Kier alpha value is -1.87. The highest BCUT2D eigenvalue weighted by Gasteiger charge is 2.38. The topological polar surface area (TPSA) is 46.5 Å². The van der Waals surface area contributed by atoms with E-state index < -0.39 is 11.5 Å². The summed E-state index contributed by atoms with van der Waals surface area (Å²) in [7, 11) is 0. The molecule has 2 rings (SSSR count). The quantitative estimate of drug-likeness (QED) is 0.867. The largest absolute Gasteiger partial charge is 0.465 e. The molecule has 0 radical (unpaired) electrons. The van der Waals surface area contributed by atoms with E-state index in [-0.39, 0.29) is 5.97 Å². The van der Waals surface area contributed by atoms with Crippen LogP contribution in [-0.4, -0.2) is 17.7 Å². The lowest BCUT2D eigenvalue weighted by Crippen LogP contribution is -2.33. The van der Waals surface area contributed by atoms with Crippen molar-refractivity contribution in [3.05, 3.63) is 48.0 Å². The summed E-state index contributed by atoms with van der Waals surface area (Å²) in [5, 5.41) is 12.6. The minimum absolute atomic E-state index is 0.310. The summed E-state index contributed by atoms with van der Waals surface area (Å²) in [5.74, 6) is -0.388. The van der Waals surface area contributed by atoms with Crippen LogP contribution in [0.5, 0.6) is 0 Å².